The van der Waals surface area contributed by atoms with Gasteiger partial charge in [0.15, 0.2) is 0 Å². The third kappa shape index (κ3) is 2.70. The lowest BCUT2D eigenvalue weighted by Gasteiger charge is -2.06. The highest BCUT2D eigenvalue weighted by atomic mass is 32.3. The molecule has 0 saturated heterocycles. The van der Waals surface area contributed by atoms with Crippen molar-refractivity contribution in [2.45, 2.75) is 18.1 Å². The van der Waals surface area contributed by atoms with Crippen molar-refractivity contribution in [1.29, 1.82) is 0 Å². The summed E-state index contributed by atoms with van der Waals surface area (Å²) in [4.78, 5) is 0. The van der Waals surface area contributed by atoms with Crippen LogP contribution in [0.15, 0.2) is 5.16 Å². The van der Waals surface area contributed by atoms with Crippen LogP contribution in [0.25, 0.3) is 0 Å². The highest BCUT2D eigenvalue weighted by molar-refractivity contribution is 7.86. The molecule has 0 aliphatic carbocycles. The average Bonchev–Trinajstić information content (AvgIpc) is 2.57. The van der Waals surface area contributed by atoms with E-state index in [2.05, 4.69) is 14.9 Å². The zero-order valence-electron chi connectivity index (χ0n) is 8.10. The van der Waals surface area contributed by atoms with Gasteiger partial charge in [-0.15, -0.1) is 10.2 Å². The van der Waals surface area contributed by atoms with Crippen LogP contribution in [0, 0.1) is 0 Å². The lowest BCUT2D eigenvalue weighted by molar-refractivity contribution is 0.127. The Morgan fingerprint density at radius 2 is 2.06 bits per heavy atom. The van der Waals surface area contributed by atoms with Crippen molar-refractivity contribution >= 4 is 10.2 Å². The molecule has 0 fully saturated rings. The normalized spacial score (nSPS) is 12.3. The third-order valence-electron chi connectivity index (χ3n) is 1.68. The molecule has 0 aliphatic heterocycles. The molecule has 0 N–H and O–H groups in total. The molecule has 0 radical (unpaired) electrons. The van der Waals surface area contributed by atoms with Gasteiger partial charge in [-0.1, -0.05) is 3.89 Å². The van der Waals surface area contributed by atoms with E-state index in [4.69, 9.17) is 0 Å². The van der Waals surface area contributed by atoms with E-state index in [1.807, 2.05) is 0 Å². The van der Waals surface area contributed by atoms with Crippen molar-refractivity contribution in [3.05, 3.63) is 5.82 Å². The Hall–Kier alpha value is -1.16. The van der Waals surface area contributed by atoms with E-state index in [1.54, 1.807) is 0 Å². The second kappa shape index (κ2) is 4.78. The summed E-state index contributed by atoms with van der Waals surface area (Å²) in [6.45, 7) is -0.345. The van der Waals surface area contributed by atoms with E-state index in [1.165, 1.54) is 7.11 Å². The molecule has 0 amide bonds. The van der Waals surface area contributed by atoms with Crippen LogP contribution in [0.2, 0.25) is 0 Å². The van der Waals surface area contributed by atoms with E-state index in [-0.39, 0.29) is 13.2 Å². The van der Waals surface area contributed by atoms with Gasteiger partial charge in [-0.2, -0.15) is 8.42 Å². The number of rotatable bonds is 5. The number of hydrogen-bond acceptors (Lipinski definition) is 5. The van der Waals surface area contributed by atoms with Gasteiger partial charge < -0.3 is 4.74 Å². The zero-order valence-corrected chi connectivity index (χ0v) is 8.92. The predicted molar refractivity (Wildman–Crippen MR) is 45.1 cm³/mol. The standard InChI is InChI=1S/C6H8F3N3O3S/c1-15-3-2-12-5(4(7)8)10-11-6(12)16(9,13)14/h4H,2-3H2,1H3. The van der Waals surface area contributed by atoms with Crippen LogP contribution in [-0.4, -0.2) is 36.9 Å². The fourth-order valence-electron chi connectivity index (χ4n) is 1.03. The maximum atomic E-state index is 12.6. The van der Waals surface area contributed by atoms with Gasteiger partial charge >= 0.3 is 10.2 Å². The molecular formula is C6H8F3N3O3S. The zero-order chi connectivity index (χ0) is 12.3. The number of hydrogen-bond donors (Lipinski definition) is 0. The van der Waals surface area contributed by atoms with E-state index in [0.29, 0.717) is 4.57 Å². The molecular weight excluding hydrogens is 251 g/mol. The third-order valence-corrected chi connectivity index (χ3v) is 2.42. The van der Waals surface area contributed by atoms with Crippen molar-refractivity contribution in [3.8, 4) is 0 Å². The predicted octanol–water partition coefficient (Wildman–Crippen LogP) is 0.520. The molecule has 92 valence electrons. The van der Waals surface area contributed by atoms with Gasteiger partial charge in [-0.05, 0) is 0 Å². The molecule has 0 spiro atoms. The second-order valence-corrected chi connectivity index (χ2v) is 3.96. The number of alkyl halides is 2. The first-order chi connectivity index (χ1) is 7.38. The van der Waals surface area contributed by atoms with Crippen LogP contribution >= 0.6 is 0 Å². The number of nitrogens with zero attached hydrogens (tertiary/aromatic N) is 3. The van der Waals surface area contributed by atoms with E-state index >= 15 is 0 Å². The van der Waals surface area contributed by atoms with Crippen LogP contribution in [0.5, 0.6) is 0 Å². The quantitative estimate of drug-likeness (QED) is 0.721. The lowest BCUT2D eigenvalue weighted by Crippen LogP contribution is -2.13. The van der Waals surface area contributed by atoms with Gasteiger partial charge in [0.25, 0.3) is 11.6 Å². The SMILES string of the molecule is COCCn1c(C(F)F)nnc1S(=O)(=O)F. The van der Waals surface area contributed by atoms with Crippen LogP contribution in [0.3, 0.4) is 0 Å². The highest BCUT2D eigenvalue weighted by Gasteiger charge is 2.27. The van der Waals surface area contributed by atoms with Gasteiger partial charge in [0.2, 0.25) is 5.82 Å². The Morgan fingerprint density at radius 1 is 1.44 bits per heavy atom. The van der Waals surface area contributed by atoms with Crippen molar-refractivity contribution < 1.29 is 25.8 Å². The number of aromatic nitrogens is 3. The van der Waals surface area contributed by atoms with Gasteiger partial charge in [-0.25, -0.2) is 8.78 Å². The van der Waals surface area contributed by atoms with Crippen molar-refractivity contribution in [3.63, 3.8) is 0 Å². The largest absolute Gasteiger partial charge is 0.383 e. The number of ether oxygens (including phenoxy) is 1. The Labute approximate surface area is 89.2 Å². The first-order valence-electron chi connectivity index (χ1n) is 4.02. The van der Waals surface area contributed by atoms with E-state index in [0.717, 1.165) is 0 Å². The molecule has 1 heterocycles. The van der Waals surface area contributed by atoms with Gasteiger partial charge in [0.05, 0.1) is 13.2 Å². The Bertz CT molecular complexity index is 459. The molecule has 10 heteroatoms. The summed E-state index contributed by atoms with van der Waals surface area (Å²) in [6.07, 6.45) is -3.04. The maximum absolute atomic E-state index is 12.6. The van der Waals surface area contributed by atoms with Gasteiger partial charge in [0.1, 0.15) is 0 Å². The summed E-state index contributed by atoms with van der Waals surface area (Å²) >= 11 is 0. The summed E-state index contributed by atoms with van der Waals surface area (Å²) in [5.41, 5.74) is 0. The monoisotopic (exact) mass is 259 g/mol. The smallest absolute Gasteiger partial charge is 0.368 e. The fraction of sp³-hybridized carbons (Fsp3) is 0.667. The molecule has 0 atom stereocenters. The molecule has 0 bridgehead atoms. The minimum Gasteiger partial charge on any atom is -0.383 e. The molecule has 1 rings (SSSR count). The molecule has 16 heavy (non-hydrogen) atoms. The van der Waals surface area contributed by atoms with E-state index < -0.39 is 27.6 Å². The molecule has 0 aliphatic rings. The average molecular weight is 259 g/mol. The molecule has 6 nitrogen and oxygen atoms in total. The molecule has 0 saturated carbocycles. The van der Waals surface area contributed by atoms with Crippen LogP contribution in [-0.2, 0) is 21.5 Å². The minimum absolute atomic E-state index is 0.0692. The summed E-state index contributed by atoms with van der Waals surface area (Å²) in [6, 6.07) is 0. The summed E-state index contributed by atoms with van der Waals surface area (Å²) in [5.74, 6) is -0.909. The molecule has 1 aromatic heterocycles. The molecule has 0 unspecified atom stereocenters. The maximum Gasteiger partial charge on any atom is 0.368 e. The van der Waals surface area contributed by atoms with Crippen LogP contribution in [0.4, 0.5) is 12.7 Å². The number of methoxy groups -OCH3 is 1. The summed E-state index contributed by atoms with van der Waals surface area (Å²) in [5, 5.41) is 4.66. The van der Waals surface area contributed by atoms with Gasteiger partial charge in [-0.3, -0.25) is 4.57 Å². The second-order valence-electron chi connectivity index (χ2n) is 2.72. The van der Waals surface area contributed by atoms with E-state index in [9.17, 15) is 21.1 Å². The lowest BCUT2D eigenvalue weighted by atomic mass is 10.6. The first kappa shape index (κ1) is 12.9. The van der Waals surface area contributed by atoms with Gasteiger partial charge in [0, 0.05) is 7.11 Å². The topological polar surface area (TPSA) is 74.1 Å². The number of halogens is 3. The van der Waals surface area contributed by atoms with Crippen molar-refractivity contribution in [2.75, 3.05) is 13.7 Å². The van der Waals surface area contributed by atoms with Crippen molar-refractivity contribution in [2.24, 2.45) is 0 Å². The molecule has 1 aromatic rings. The minimum atomic E-state index is -5.18. The molecule has 0 aromatic carbocycles. The Balaban J connectivity index is 3.20. The Morgan fingerprint density at radius 3 is 2.50 bits per heavy atom. The Kier molecular flexibility index (Phi) is 3.86. The van der Waals surface area contributed by atoms with Crippen LogP contribution in [0.1, 0.15) is 12.2 Å². The first-order valence-corrected chi connectivity index (χ1v) is 5.41. The highest BCUT2D eigenvalue weighted by Crippen LogP contribution is 2.20. The van der Waals surface area contributed by atoms with Crippen molar-refractivity contribution in [1.82, 2.24) is 14.8 Å². The summed E-state index contributed by atoms with van der Waals surface area (Å²) < 4.78 is 63.6. The summed E-state index contributed by atoms with van der Waals surface area (Å²) in [7, 11) is -3.89. The fourth-order valence-corrected chi connectivity index (χ4v) is 1.62. The van der Waals surface area contributed by atoms with Crippen LogP contribution < -0.4 is 0 Å².